The number of rotatable bonds is 8. The number of likely N-dealkylation sites (tertiary alicyclic amines) is 1. The Kier molecular flexibility index (Phi) is 7.02. The summed E-state index contributed by atoms with van der Waals surface area (Å²) < 4.78 is 12.8. The van der Waals surface area contributed by atoms with Crippen LogP contribution in [0.5, 0.6) is 16.7 Å². The van der Waals surface area contributed by atoms with E-state index < -0.39 is 0 Å². The Bertz CT molecular complexity index is 1090. The van der Waals surface area contributed by atoms with E-state index in [-0.39, 0.29) is 11.9 Å². The Hall–Kier alpha value is -2.97. The van der Waals surface area contributed by atoms with Gasteiger partial charge >= 0.3 is 0 Å². The first kappa shape index (κ1) is 22.2. The second-order valence-electron chi connectivity index (χ2n) is 8.11. The van der Waals surface area contributed by atoms with Gasteiger partial charge in [0.05, 0.1) is 4.70 Å². The normalized spacial score (nSPS) is 14.9. The Balaban J connectivity index is 1.20. The highest BCUT2D eigenvalue weighted by atomic mass is 32.1. The highest BCUT2D eigenvalue weighted by Crippen LogP contribution is 2.31. The molecule has 0 saturated carbocycles. The van der Waals surface area contributed by atoms with Gasteiger partial charge in [-0.1, -0.05) is 17.9 Å². The van der Waals surface area contributed by atoms with Crippen molar-refractivity contribution in [3.8, 4) is 16.7 Å². The summed E-state index contributed by atoms with van der Waals surface area (Å²) in [5, 5.41) is 3.62. The first-order valence-electron chi connectivity index (χ1n) is 10.8. The van der Waals surface area contributed by atoms with Crippen LogP contribution in [0.2, 0.25) is 0 Å². The third-order valence-electron chi connectivity index (χ3n) is 5.38. The number of fused-ring (bicyclic) bond motifs is 1. The van der Waals surface area contributed by atoms with Crippen LogP contribution in [0.1, 0.15) is 25.3 Å². The van der Waals surface area contributed by atoms with Gasteiger partial charge in [0.15, 0.2) is 5.65 Å². The number of aryl methyl sites for hydroxylation is 1. The van der Waals surface area contributed by atoms with Gasteiger partial charge < -0.3 is 14.8 Å². The molecule has 8 heteroatoms. The van der Waals surface area contributed by atoms with Gasteiger partial charge in [0.2, 0.25) is 5.91 Å². The van der Waals surface area contributed by atoms with Gasteiger partial charge in [0, 0.05) is 37.4 Å². The summed E-state index contributed by atoms with van der Waals surface area (Å²) in [7, 11) is 0. The van der Waals surface area contributed by atoms with Gasteiger partial charge in [-0.15, -0.1) is 0 Å². The molecule has 168 valence electrons. The van der Waals surface area contributed by atoms with Crippen LogP contribution in [0.3, 0.4) is 0 Å². The monoisotopic (exact) mass is 452 g/mol. The number of carbonyl (C=O) groups is 1. The summed E-state index contributed by atoms with van der Waals surface area (Å²) in [5.41, 5.74) is 2.37. The number of pyridine rings is 1. The number of aromatic nitrogens is 2. The second kappa shape index (κ2) is 10.1. The molecule has 3 aromatic rings. The summed E-state index contributed by atoms with van der Waals surface area (Å²) in [6.07, 6.45) is 3.71. The van der Waals surface area contributed by atoms with Crippen LogP contribution >= 0.6 is 11.3 Å². The maximum Gasteiger partial charge on any atom is 0.281 e. The topological polar surface area (TPSA) is 76.6 Å². The minimum absolute atomic E-state index is 0.0471. The van der Waals surface area contributed by atoms with Crippen molar-refractivity contribution < 1.29 is 14.3 Å². The van der Waals surface area contributed by atoms with Crippen molar-refractivity contribution in [2.45, 2.75) is 32.7 Å². The standard InChI is InChI=1S/C24H28N4O3S/c1-16(2)23(29)26-18-8-10-28(11-9-18)12-13-30-19-4-6-20(7-5-19)31-24-27-22-21(32-24)14-17(3)15-25-22/h4-7,14-15,18H,1,8-13H2,2-3H3,(H,26,29). The molecule has 0 spiro atoms. The van der Waals surface area contributed by atoms with Crippen LogP contribution < -0.4 is 14.8 Å². The maximum atomic E-state index is 11.7. The van der Waals surface area contributed by atoms with Crippen molar-refractivity contribution in [3.63, 3.8) is 0 Å². The zero-order valence-electron chi connectivity index (χ0n) is 18.5. The first-order chi connectivity index (χ1) is 15.5. The predicted octanol–water partition coefficient (Wildman–Crippen LogP) is 4.33. The molecule has 0 atom stereocenters. The van der Waals surface area contributed by atoms with Crippen molar-refractivity contribution in [1.82, 2.24) is 20.2 Å². The fraction of sp³-hybridized carbons (Fsp3) is 0.375. The van der Waals surface area contributed by atoms with Crippen molar-refractivity contribution in [3.05, 3.63) is 54.2 Å². The molecule has 1 aromatic carbocycles. The number of nitrogens with one attached hydrogen (secondary N) is 1. The average molecular weight is 453 g/mol. The van der Waals surface area contributed by atoms with Crippen molar-refractivity contribution in [2.75, 3.05) is 26.2 Å². The fourth-order valence-corrected chi connectivity index (χ4v) is 4.44. The molecular formula is C24H28N4O3S. The number of hydrogen-bond donors (Lipinski definition) is 1. The van der Waals surface area contributed by atoms with Crippen molar-refractivity contribution in [1.29, 1.82) is 0 Å². The largest absolute Gasteiger partial charge is 0.492 e. The third-order valence-corrected chi connectivity index (χ3v) is 6.25. The van der Waals surface area contributed by atoms with Crippen LogP contribution in [0.25, 0.3) is 10.3 Å². The number of thiazole rings is 1. The third kappa shape index (κ3) is 5.83. The van der Waals surface area contributed by atoms with Crippen LogP contribution in [0.4, 0.5) is 0 Å². The van der Waals surface area contributed by atoms with Crippen LogP contribution in [-0.4, -0.2) is 53.1 Å². The zero-order chi connectivity index (χ0) is 22.5. The molecule has 7 nitrogen and oxygen atoms in total. The van der Waals surface area contributed by atoms with Gasteiger partial charge in [-0.3, -0.25) is 9.69 Å². The molecular weight excluding hydrogens is 424 g/mol. The molecule has 1 fully saturated rings. The lowest BCUT2D eigenvalue weighted by atomic mass is 10.0. The molecule has 0 bridgehead atoms. The Morgan fingerprint density at radius 2 is 1.97 bits per heavy atom. The summed E-state index contributed by atoms with van der Waals surface area (Å²) >= 11 is 1.48. The molecule has 2 aromatic heterocycles. The summed E-state index contributed by atoms with van der Waals surface area (Å²) in [5.74, 6) is 1.48. The van der Waals surface area contributed by atoms with Gasteiger partial charge in [-0.05, 0) is 62.6 Å². The predicted molar refractivity (Wildman–Crippen MR) is 127 cm³/mol. The van der Waals surface area contributed by atoms with E-state index in [1.54, 1.807) is 6.92 Å². The van der Waals surface area contributed by atoms with E-state index in [4.69, 9.17) is 9.47 Å². The maximum absolute atomic E-state index is 11.7. The molecule has 1 N–H and O–H groups in total. The number of carbonyl (C=O) groups excluding carboxylic acids is 1. The molecule has 0 aliphatic carbocycles. The molecule has 1 saturated heterocycles. The van der Waals surface area contributed by atoms with Crippen LogP contribution in [0, 0.1) is 6.92 Å². The molecule has 4 rings (SSSR count). The van der Waals surface area contributed by atoms with E-state index in [0.29, 0.717) is 28.8 Å². The quantitative estimate of drug-likeness (QED) is 0.513. The summed E-state index contributed by atoms with van der Waals surface area (Å²) in [6.45, 7) is 10.8. The Morgan fingerprint density at radius 1 is 1.25 bits per heavy atom. The van der Waals surface area contributed by atoms with Crippen LogP contribution in [0.15, 0.2) is 48.7 Å². The number of piperidine rings is 1. The number of benzene rings is 1. The highest BCUT2D eigenvalue weighted by Gasteiger charge is 2.20. The number of amides is 1. The molecule has 1 amide bonds. The van der Waals surface area contributed by atoms with Gasteiger partial charge in [0.1, 0.15) is 18.1 Å². The molecule has 0 unspecified atom stereocenters. The van der Waals surface area contributed by atoms with Gasteiger partial charge in [0.25, 0.3) is 5.19 Å². The van der Waals surface area contributed by atoms with E-state index in [2.05, 4.69) is 32.8 Å². The molecule has 0 radical (unpaired) electrons. The van der Waals surface area contributed by atoms with Crippen LogP contribution in [-0.2, 0) is 4.79 Å². The van der Waals surface area contributed by atoms with E-state index >= 15 is 0 Å². The highest BCUT2D eigenvalue weighted by molar-refractivity contribution is 7.20. The zero-order valence-corrected chi connectivity index (χ0v) is 19.3. The fourth-order valence-electron chi connectivity index (χ4n) is 3.55. The average Bonchev–Trinajstić information content (AvgIpc) is 3.17. The van der Waals surface area contributed by atoms with E-state index in [0.717, 1.165) is 48.5 Å². The van der Waals surface area contributed by atoms with Gasteiger partial charge in [-0.2, -0.15) is 4.98 Å². The van der Waals surface area contributed by atoms with Gasteiger partial charge in [-0.25, -0.2) is 4.98 Å². The summed E-state index contributed by atoms with van der Waals surface area (Å²) in [6, 6.07) is 9.88. The lowest BCUT2D eigenvalue weighted by molar-refractivity contribution is -0.118. The van der Waals surface area contributed by atoms with E-state index in [9.17, 15) is 4.79 Å². The van der Waals surface area contributed by atoms with Crippen molar-refractivity contribution in [2.24, 2.45) is 0 Å². The molecule has 3 heterocycles. The van der Waals surface area contributed by atoms with E-state index in [1.165, 1.54) is 11.3 Å². The molecule has 1 aliphatic rings. The van der Waals surface area contributed by atoms with Crippen molar-refractivity contribution >= 4 is 27.6 Å². The number of hydrogen-bond acceptors (Lipinski definition) is 7. The van der Waals surface area contributed by atoms with E-state index in [1.807, 2.05) is 37.4 Å². The molecule has 1 aliphatic heterocycles. The molecule has 32 heavy (non-hydrogen) atoms. The second-order valence-corrected chi connectivity index (χ2v) is 9.10. The Labute approximate surface area is 192 Å². The Morgan fingerprint density at radius 3 is 2.69 bits per heavy atom. The minimum atomic E-state index is -0.0471. The smallest absolute Gasteiger partial charge is 0.281 e. The lowest BCUT2D eigenvalue weighted by Crippen LogP contribution is -2.45. The first-order valence-corrected chi connectivity index (χ1v) is 11.6. The minimum Gasteiger partial charge on any atom is -0.492 e. The SMILES string of the molecule is C=C(C)C(=O)NC1CCN(CCOc2ccc(Oc3nc4ncc(C)cc4s3)cc2)CC1. The number of nitrogens with zero attached hydrogens (tertiary/aromatic N) is 3. The lowest BCUT2D eigenvalue weighted by Gasteiger charge is -2.32. The number of ether oxygens (including phenoxy) is 2. The summed E-state index contributed by atoms with van der Waals surface area (Å²) in [4.78, 5) is 22.9.